The molecule has 0 bridgehead atoms. The van der Waals surface area contributed by atoms with Gasteiger partial charge in [-0.1, -0.05) is 37.5 Å². The largest absolute Gasteiger partial charge is 0.368 e. The van der Waals surface area contributed by atoms with E-state index in [1.165, 1.54) is 43.4 Å². The Morgan fingerprint density at radius 1 is 1.00 bits per heavy atom. The van der Waals surface area contributed by atoms with Gasteiger partial charge in [-0.2, -0.15) is 0 Å². The summed E-state index contributed by atoms with van der Waals surface area (Å²) in [5.74, 6) is 0. The van der Waals surface area contributed by atoms with Crippen LogP contribution in [0.5, 0.6) is 0 Å². The minimum atomic E-state index is 0.242. The standard InChI is InChI=1S/C15H22N2/c16-14-10-11-17(12-6-2-1-3-7-12)15-9-5-4-8-13(14)15/h4-5,8-9,12,14H,1-3,6-7,10-11,16H2. The lowest BCUT2D eigenvalue weighted by atomic mass is 9.90. The lowest BCUT2D eigenvalue weighted by Crippen LogP contribution is -2.42. The fourth-order valence-electron chi connectivity index (χ4n) is 3.39. The zero-order valence-corrected chi connectivity index (χ0v) is 10.4. The maximum absolute atomic E-state index is 6.21. The topological polar surface area (TPSA) is 29.3 Å². The van der Waals surface area contributed by atoms with Crippen molar-refractivity contribution in [3.8, 4) is 0 Å². The molecule has 2 heteroatoms. The van der Waals surface area contributed by atoms with Crippen molar-refractivity contribution in [2.75, 3.05) is 11.4 Å². The van der Waals surface area contributed by atoms with Gasteiger partial charge in [0.1, 0.15) is 0 Å². The first-order valence-electron chi connectivity index (χ1n) is 6.97. The van der Waals surface area contributed by atoms with Crippen LogP contribution >= 0.6 is 0 Å². The van der Waals surface area contributed by atoms with E-state index in [9.17, 15) is 0 Å². The van der Waals surface area contributed by atoms with Crippen molar-refractivity contribution in [1.29, 1.82) is 0 Å². The summed E-state index contributed by atoms with van der Waals surface area (Å²) >= 11 is 0. The van der Waals surface area contributed by atoms with E-state index in [-0.39, 0.29) is 6.04 Å². The Morgan fingerprint density at radius 3 is 2.59 bits per heavy atom. The molecule has 1 unspecified atom stereocenters. The first-order valence-corrected chi connectivity index (χ1v) is 6.97. The number of para-hydroxylation sites is 1. The molecule has 92 valence electrons. The van der Waals surface area contributed by atoms with Gasteiger partial charge < -0.3 is 10.6 Å². The van der Waals surface area contributed by atoms with Crippen LogP contribution in [0, 0.1) is 0 Å². The molecule has 1 fully saturated rings. The lowest BCUT2D eigenvalue weighted by molar-refractivity contribution is 0.400. The molecule has 1 saturated carbocycles. The normalized spacial score (nSPS) is 25.7. The van der Waals surface area contributed by atoms with Crippen LogP contribution in [0.25, 0.3) is 0 Å². The number of hydrogen-bond acceptors (Lipinski definition) is 2. The second-order valence-electron chi connectivity index (χ2n) is 5.44. The third-order valence-electron chi connectivity index (χ3n) is 4.34. The van der Waals surface area contributed by atoms with Crippen LogP contribution in [0.3, 0.4) is 0 Å². The number of anilines is 1. The lowest BCUT2D eigenvalue weighted by Gasteiger charge is -2.41. The summed E-state index contributed by atoms with van der Waals surface area (Å²) < 4.78 is 0. The molecule has 2 nitrogen and oxygen atoms in total. The van der Waals surface area contributed by atoms with Crippen LogP contribution in [0.15, 0.2) is 24.3 Å². The van der Waals surface area contributed by atoms with E-state index < -0.39 is 0 Å². The number of rotatable bonds is 1. The molecular weight excluding hydrogens is 208 g/mol. The molecule has 2 aliphatic rings. The minimum absolute atomic E-state index is 0.242. The Labute approximate surface area is 104 Å². The minimum Gasteiger partial charge on any atom is -0.368 e. The molecular formula is C15H22N2. The van der Waals surface area contributed by atoms with Gasteiger partial charge in [-0.25, -0.2) is 0 Å². The zero-order chi connectivity index (χ0) is 11.7. The smallest absolute Gasteiger partial charge is 0.0417 e. The monoisotopic (exact) mass is 230 g/mol. The summed E-state index contributed by atoms with van der Waals surface area (Å²) in [6.45, 7) is 1.14. The Balaban J connectivity index is 1.89. The number of benzene rings is 1. The second kappa shape index (κ2) is 4.69. The molecule has 2 N–H and O–H groups in total. The van der Waals surface area contributed by atoms with Crippen LogP contribution in [0.2, 0.25) is 0 Å². The highest BCUT2D eigenvalue weighted by Gasteiger charge is 2.28. The summed E-state index contributed by atoms with van der Waals surface area (Å²) in [5, 5.41) is 0. The van der Waals surface area contributed by atoms with E-state index >= 15 is 0 Å². The average Bonchev–Trinajstić information content (AvgIpc) is 2.41. The fraction of sp³-hybridized carbons (Fsp3) is 0.600. The van der Waals surface area contributed by atoms with Gasteiger partial charge in [-0.15, -0.1) is 0 Å². The van der Waals surface area contributed by atoms with Crippen LogP contribution in [0.4, 0.5) is 5.69 Å². The van der Waals surface area contributed by atoms with Crippen molar-refractivity contribution >= 4 is 5.69 Å². The van der Waals surface area contributed by atoms with Crippen molar-refractivity contribution in [2.45, 2.75) is 50.6 Å². The third-order valence-corrected chi connectivity index (χ3v) is 4.34. The Morgan fingerprint density at radius 2 is 1.76 bits per heavy atom. The molecule has 1 atom stereocenters. The summed E-state index contributed by atoms with van der Waals surface area (Å²) in [6.07, 6.45) is 8.05. The van der Waals surface area contributed by atoms with Crippen LogP contribution in [-0.2, 0) is 0 Å². The molecule has 1 aromatic rings. The first kappa shape index (κ1) is 11.1. The number of nitrogens with two attached hydrogens (primary N) is 1. The van der Waals surface area contributed by atoms with Crippen molar-refractivity contribution in [1.82, 2.24) is 0 Å². The predicted molar refractivity (Wildman–Crippen MR) is 72.2 cm³/mol. The molecule has 0 saturated heterocycles. The van der Waals surface area contributed by atoms with E-state index in [0.717, 1.165) is 19.0 Å². The Hall–Kier alpha value is -1.02. The summed E-state index contributed by atoms with van der Waals surface area (Å²) in [6, 6.07) is 9.72. The Kier molecular flexibility index (Phi) is 3.06. The molecule has 0 amide bonds. The molecule has 1 aliphatic heterocycles. The van der Waals surface area contributed by atoms with Gasteiger partial charge in [-0.05, 0) is 30.9 Å². The van der Waals surface area contributed by atoms with Crippen LogP contribution in [-0.4, -0.2) is 12.6 Å². The van der Waals surface area contributed by atoms with Crippen molar-refractivity contribution in [3.63, 3.8) is 0 Å². The van der Waals surface area contributed by atoms with Gasteiger partial charge in [0, 0.05) is 24.3 Å². The highest BCUT2D eigenvalue weighted by molar-refractivity contribution is 5.57. The SMILES string of the molecule is NC1CCN(C2CCCCC2)c2ccccc21. The van der Waals surface area contributed by atoms with Gasteiger partial charge >= 0.3 is 0 Å². The van der Waals surface area contributed by atoms with E-state index in [4.69, 9.17) is 5.73 Å². The molecule has 1 heterocycles. The molecule has 1 aliphatic carbocycles. The van der Waals surface area contributed by atoms with Gasteiger partial charge in [0.05, 0.1) is 0 Å². The highest BCUT2D eigenvalue weighted by atomic mass is 15.2. The quantitative estimate of drug-likeness (QED) is 0.802. The van der Waals surface area contributed by atoms with Crippen molar-refractivity contribution in [2.24, 2.45) is 5.73 Å². The third kappa shape index (κ3) is 2.06. The molecule has 0 aromatic heterocycles. The summed E-state index contributed by atoms with van der Waals surface area (Å²) in [4.78, 5) is 2.62. The van der Waals surface area contributed by atoms with Crippen molar-refractivity contribution < 1.29 is 0 Å². The second-order valence-corrected chi connectivity index (χ2v) is 5.44. The number of nitrogens with zero attached hydrogens (tertiary/aromatic N) is 1. The van der Waals surface area contributed by atoms with E-state index in [0.29, 0.717) is 0 Å². The summed E-state index contributed by atoms with van der Waals surface area (Å²) in [5.41, 5.74) is 8.96. The summed E-state index contributed by atoms with van der Waals surface area (Å²) in [7, 11) is 0. The van der Waals surface area contributed by atoms with Gasteiger partial charge in [0.25, 0.3) is 0 Å². The fourth-order valence-corrected chi connectivity index (χ4v) is 3.39. The molecule has 0 spiro atoms. The maximum atomic E-state index is 6.21. The zero-order valence-electron chi connectivity index (χ0n) is 10.4. The predicted octanol–water partition coefficient (Wildman–Crippen LogP) is 3.23. The first-order chi connectivity index (χ1) is 8.36. The van der Waals surface area contributed by atoms with Crippen LogP contribution in [0.1, 0.15) is 50.1 Å². The molecule has 17 heavy (non-hydrogen) atoms. The van der Waals surface area contributed by atoms with E-state index in [1.54, 1.807) is 0 Å². The maximum Gasteiger partial charge on any atom is 0.0417 e. The number of fused-ring (bicyclic) bond motifs is 1. The van der Waals surface area contributed by atoms with Gasteiger partial charge in [0.15, 0.2) is 0 Å². The van der Waals surface area contributed by atoms with Gasteiger partial charge in [-0.3, -0.25) is 0 Å². The van der Waals surface area contributed by atoms with E-state index in [2.05, 4.69) is 29.2 Å². The van der Waals surface area contributed by atoms with Crippen LogP contribution < -0.4 is 10.6 Å². The number of hydrogen-bond donors (Lipinski definition) is 1. The van der Waals surface area contributed by atoms with Gasteiger partial charge in [0.2, 0.25) is 0 Å². The highest BCUT2D eigenvalue weighted by Crippen LogP contribution is 2.36. The Bertz CT molecular complexity index is 382. The molecule has 0 radical (unpaired) electrons. The van der Waals surface area contributed by atoms with Crippen molar-refractivity contribution in [3.05, 3.63) is 29.8 Å². The van der Waals surface area contributed by atoms with E-state index in [1.807, 2.05) is 0 Å². The molecule has 3 rings (SSSR count). The average molecular weight is 230 g/mol. The molecule has 1 aromatic carbocycles.